The first-order valence-electron chi connectivity index (χ1n) is 9.09. The van der Waals surface area contributed by atoms with Crippen molar-refractivity contribution in [2.45, 2.75) is 65.6 Å². The van der Waals surface area contributed by atoms with Gasteiger partial charge in [0.25, 0.3) is 0 Å². The van der Waals surface area contributed by atoms with E-state index in [0.29, 0.717) is 11.8 Å². The lowest BCUT2D eigenvalue weighted by atomic mass is 9.87. The molecule has 0 aromatic rings. The van der Waals surface area contributed by atoms with Crippen molar-refractivity contribution in [3.63, 3.8) is 0 Å². The summed E-state index contributed by atoms with van der Waals surface area (Å²) in [6.07, 6.45) is 0.809. The molecule has 2 rings (SSSR count). The highest BCUT2D eigenvalue weighted by Gasteiger charge is 2.42. The number of rotatable bonds is 8. The molecule has 5 nitrogen and oxygen atoms in total. The Morgan fingerprint density at radius 2 is 2.12 bits per heavy atom. The fourth-order valence-electron chi connectivity index (χ4n) is 2.74. The quantitative estimate of drug-likeness (QED) is 0.618. The lowest BCUT2D eigenvalue weighted by molar-refractivity contribution is -0.141. The van der Waals surface area contributed by atoms with Crippen molar-refractivity contribution in [1.29, 1.82) is 0 Å². The summed E-state index contributed by atoms with van der Waals surface area (Å²) >= 11 is 5.25. The van der Waals surface area contributed by atoms with Crippen LogP contribution in [0.25, 0.3) is 0 Å². The van der Waals surface area contributed by atoms with Gasteiger partial charge >= 0.3 is 5.97 Å². The summed E-state index contributed by atoms with van der Waals surface area (Å²) in [5.41, 5.74) is 5.15. The van der Waals surface area contributed by atoms with Gasteiger partial charge in [0.2, 0.25) is 0 Å². The first-order valence-corrected chi connectivity index (χ1v) is 12.2. The normalized spacial score (nSPS) is 26.7. The molecule has 2 heterocycles. The maximum Gasteiger partial charge on any atom is 0.332 e. The van der Waals surface area contributed by atoms with E-state index in [4.69, 9.17) is 5.73 Å². The predicted molar refractivity (Wildman–Crippen MR) is 120 cm³/mol. The fraction of sp³-hybridized carbons (Fsp3) is 0.833. The van der Waals surface area contributed by atoms with E-state index in [0.717, 1.165) is 28.7 Å². The fourth-order valence-corrected chi connectivity index (χ4v) is 6.11. The maximum atomic E-state index is 11.3. The molecule has 0 fully saturated rings. The monoisotopic (exact) mass is 419 g/mol. The van der Waals surface area contributed by atoms with Crippen LogP contribution in [0, 0.1) is 5.41 Å². The van der Waals surface area contributed by atoms with Gasteiger partial charge in [-0.3, -0.25) is 9.98 Å². The molecule has 0 bridgehead atoms. The van der Waals surface area contributed by atoms with Crippen LogP contribution in [0.4, 0.5) is 0 Å². The predicted octanol–water partition coefficient (Wildman–Crippen LogP) is 4.01. The van der Waals surface area contributed by atoms with Gasteiger partial charge in [-0.1, -0.05) is 27.7 Å². The molecule has 0 saturated heterocycles. The zero-order chi connectivity index (χ0) is 20.0. The third-order valence-electron chi connectivity index (χ3n) is 4.14. The van der Waals surface area contributed by atoms with Gasteiger partial charge in [0.1, 0.15) is 0 Å². The maximum absolute atomic E-state index is 11.3. The van der Waals surface area contributed by atoms with E-state index in [1.807, 2.05) is 37.4 Å². The van der Waals surface area contributed by atoms with E-state index in [9.17, 15) is 9.90 Å². The minimum atomic E-state index is -0.994. The van der Waals surface area contributed by atoms with E-state index in [-0.39, 0.29) is 11.5 Å². The zero-order valence-electron chi connectivity index (χ0n) is 16.7. The van der Waals surface area contributed by atoms with E-state index in [2.05, 4.69) is 30.8 Å². The van der Waals surface area contributed by atoms with E-state index >= 15 is 0 Å². The Kier molecular flexibility index (Phi) is 9.53. The van der Waals surface area contributed by atoms with Gasteiger partial charge < -0.3 is 10.8 Å². The molecule has 2 aliphatic rings. The summed E-state index contributed by atoms with van der Waals surface area (Å²) < 4.78 is 0. The molecule has 0 amide bonds. The van der Waals surface area contributed by atoms with Gasteiger partial charge in [0.15, 0.2) is 5.54 Å². The minimum absolute atomic E-state index is 0.0733. The van der Waals surface area contributed by atoms with Crippen molar-refractivity contribution < 1.29 is 9.90 Å². The van der Waals surface area contributed by atoms with E-state index in [1.54, 1.807) is 18.7 Å². The van der Waals surface area contributed by atoms with Gasteiger partial charge in [-0.25, -0.2) is 4.79 Å². The van der Waals surface area contributed by atoms with Crippen LogP contribution in [0.15, 0.2) is 9.98 Å². The number of thioether (sulfide) groups is 3. The average molecular weight is 420 g/mol. The molecule has 0 spiro atoms. The average Bonchev–Trinajstić information content (AvgIpc) is 3.16. The second kappa shape index (κ2) is 10.4. The van der Waals surface area contributed by atoms with E-state index < -0.39 is 11.5 Å². The third kappa shape index (κ3) is 6.77. The van der Waals surface area contributed by atoms with Gasteiger partial charge in [0.05, 0.1) is 16.1 Å². The number of hydrogen-bond donors (Lipinski definition) is 2. The zero-order valence-corrected chi connectivity index (χ0v) is 19.2. The summed E-state index contributed by atoms with van der Waals surface area (Å²) in [6, 6.07) is 0.496. The molecular weight excluding hydrogens is 386 g/mol. The van der Waals surface area contributed by atoms with Crippen molar-refractivity contribution in [3.05, 3.63) is 0 Å². The Morgan fingerprint density at radius 1 is 1.46 bits per heavy atom. The molecule has 0 aromatic heterocycles. The summed E-state index contributed by atoms with van der Waals surface area (Å²) in [5.74, 6) is 2.65. The van der Waals surface area contributed by atoms with Crippen molar-refractivity contribution in [2.24, 2.45) is 21.1 Å². The number of hydrogen-bond acceptors (Lipinski definition) is 7. The SMILES string of the molecule is CC.CC1=NC(CSCC(N)CC(C)(C)C2=NC(C)(C(=O)O)CS2)CS1. The highest BCUT2D eigenvalue weighted by atomic mass is 32.2. The van der Waals surface area contributed by atoms with Crippen molar-refractivity contribution in [2.75, 3.05) is 23.0 Å². The van der Waals surface area contributed by atoms with E-state index in [1.165, 1.54) is 5.04 Å². The molecular formula is C18H33N3O2S3. The molecule has 0 aromatic carbocycles. The smallest absolute Gasteiger partial charge is 0.332 e. The van der Waals surface area contributed by atoms with Gasteiger partial charge in [-0.05, 0) is 20.3 Å². The van der Waals surface area contributed by atoms with Crippen LogP contribution in [-0.4, -0.2) is 61.8 Å². The lowest BCUT2D eigenvalue weighted by Crippen LogP contribution is -2.35. The largest absolute Gasteiger partial charge is 0.479 e. The Balaban J connectivity index is 0.00000163. The number of carbonyl (C=O) groups is 1. The van der Waals surface area contributed by atoms with Crippen LogP contribution in [0.3, 0.4) is 0 Å². The standard InChI is InChI=1S/C16H27N3O2S3.C2H6/c1-10-18-12(8-23-10)7-22-6-11(17)5-15(2,3)13-19-16(4,9-24-13)14(20)21;1-2/h11-12H,5-9,17H2,1-4H3,(H,20,21);1-2H3. The van der Waals surface area contributed by atoms with Gasteiger partial charge in [-0.2, -0.15) is 11.8 Å². The molecule has 150 valence electrons. The second-order valence-corrected chi connectivity index (χ2v) is 10.5. The minimum Gasteiger partial charge on any atom is -0.479 e. The molecule has 3 unspecified atom stereocenters. The van der Waals surface area contributed by atoms with Crippen LogP contribution < -0.4 is 5.73 Å². The Hall–Kier alpha value is -0.180. The molecule has 8 heteroatoms. The lowest BCUT2D eigenvalue weighted by Gasteiger charge is -2.27. The van der Waals surface area contributed by atoms with Crippen LogP contribution in [-0.2, 0) is 4.79 Å². The van der Waals surface area contributed by atoms with Gasteiger partial charge in [0, 0.05) is 34.5 Å². The molecule has 26 heavy (non-hydrogen) atoms. The number of aliphatic imine (C=N–C) groups is 2. The highest BCUT2D eigenvalue weighted by molar-refractivity contribution is 8.14. The van der Waals surface area contributed by atoms with Crippen LogP contribution in [0.1, 0.15) is 48.0 Å². The summed E-state index contributed by atoms with van der Waals surface area (Å²) in [7, 11) is 0. The topological polar surface area (TPSA) is 88.0 Å². The second-order valence-electron chi connectivity index (χ2n) is 7.28. The highest BCUT2D eigenvalue weighted by Crippen LogP contribution is 2.39. The molecule has 2 aliphatic heterocycles. The van der Waals surface area contributed by atoms with Crippen LogP contribution >= 0.6 is 35.3 Å². The van der Waals surface area contributed by atoms with Crippen molar-refractivity contribution in [1.82, 2.24) is 0 Å². The van der Waals surface area contributed by atoms with Crippen molar-refractivity contribution in [3.8, 4) is 0 Å². The molecule has 3 atom stereocenters. The molecule has 0 radical (unpaired) electrons. The molecule has 3 N–H and O–H groups in total. The number of nitrogens with two attached hydrogens (primary N) is 1. The Labute approximate surface area is 170 Å². The first-order chi connectivity index (χ1) is 12.1. The Bertz CT molecular complexity index is 552. The number of aliphatic carboxylic acids is 1. The number of carboxylic acid groups (broad SMARTS) is 1. The number of nitrogens with zero attached hydrogens (tertiary/aromatic N) is 2. The summed E-state index contributed by atoms with van der Waals surface area (Å²) in [6.45, 7) is 12.0. The van der Waals surface area contributed by atoms with Crippen molar-refractivity contribution >= 4 is 51.3 Å². The third-order valence-corrected chi connectivity index (χ3v) is 8.12. The molecule has 0 aliphatic carbocycles. The first kappa shape index (κ1) is 23.9. The number of carboxylic acids is 1. The Morgan fingerprint density at radius 3 is 2.62 bits per heavy atom. The van der Waals surface area contributed by atoms with Crippen LogP contribution in [0.2, 0.25) is 0 Å². The summed E-state index contributed by atoms with van der Waals surface area (Å²) in [5, 5.41) is 11.4. The molecule has 0 saturated carbocycles. The summed E-state index contributed by atoms with van der Waals surface area (Å²) in [4.78, 5) is 20.4. The van der Waals surface area contributed by atoms with Gasteiger partial charge in [-0.15, -0.1) is 23.5 Å². The van der Waals surface area contributed by atoms with Crippen LogP contribution in [0.5, 0.6) is 0 Å².